The summed E-state index contributed by atoms with van der Waals surface area (Å²) in [4.78, 5) is 7.95. The highest BCUT2D eigenvalue weighted by molar-refractivity contribution is 8.03. The topological polar surface area (TPSA) is 6.48 Å². The van der Waals surface area contributed by atoms with Gasteiger partial charge in [0.05, 0.1) is 6.04 Å². The van der Waals surface area contributed by atoms with Gasteiger partial charge in [0.25, 0.3) is 0 Å². The average Bonchev–Trinajstić information content (AvgIpc) is 3.39. The molecule has 1 aliphatic carbocycles. The molecule has 3 aromatic carbocycles. The summed E-state index contributed by atoms with van der Waals surface area (Å²) >= 11 is 1.95. The van der Waals surface area contributed by atoms with Gasteiger partial charge in [-0.2, -0.15) is 0 Å². The van der Waals surface area contributed by atoms with Gasteiger partial charge in [-0.25, -0.2) is 0 Å². The van der Waals surface area contributed by atoms with E-state index in [0.717, 1.165) is 38.8 Å². The summed E-state index contributed by atoms with van der Waals surface area (Å²) in [6.45, 7) is 16.3. The first-order valence-electron chi connectivity index (χ1n) is 17.1. The SMILES string of the molecule is CCCN1/C(=C\C=C2\CCCC(/C=C/C3N(CCC)c4ccccc4C3(C)C)=C2Sc2ccccc2)C(C)(C)c2ccccc21. The van der Waals surface area contributed by atoms with Gasteiger partial charge in [0.15, 0.2) is 0 Å². The molecule has 2 aliphatic heterocycles. The summed E-state index contributed by atoms with van der Waals surface area (Å²) in [5, 5.41) is 0. The molecule has 45 heavy (non-hydrogen) atoms. The van der Waals surface area contributed by atoms with Crippen molar-refractivity contribution in [3.05, 3.63) is 136 Å². The lowest BCUT2D eigenvalue weighted by Crippen LogP contribution is -2.40. The van der Waals surface area contributed by atoms with Gasteiger partial charge in [0.1, 0.15) is 0 Å². The molecule has 2 heterocycles. The highest BCUT2D eigenvalue weighted by Crippen LogP contribution is 2.49. The number of rotatable bonds is 9. The Labute approximate surface area is 276 Å². The summed E-state index contributed by atoms with van der Waals surface area (Å²) in [5.41, 5.74) is 10.0. The monoisotopic (exact) mass is 614 g/mol. The van der Waals surface area contributed by atoms with E-state index in [9.17, 15) is 0 Å². The molecule has 3 aliphatic rings. The van der Waals surface area contributed by atoms with E-state index in [1.807, 2.05) is 11.8 Å². The van der Waals surface area contributed by atoms with Crippen LogP contribution in [0.4, 0.5) is 11.4 Å². The Hall–Kier alpha value is -3.43. The van der Waals surface area contributed by atoms with Gasteiger partial charge in [0.2, 0.25) is 0 Å². The molecule has 3 aromatic rings. The number of anilines is 2. The molecule has 0 radical (unpaired) electrons. The third kappa shape index (κ3) is 5.97. The minimum absolute atomic E-state index is 0.0253. The third-order valence-corrected chi connectivity index (χ3v) is 11.3. The van der Waals surface area contributed by atoms with Crippen LogP contribution in [0.5, 0.6) is 0 Å². The molecule has 3 heteroatoms. The van der Waals surface area contributed by atoms with Crippen LogP contribution < -0.4 is 9.80 Å². The van der Waals surface area contributed by atoms with E-state index in [4.69, 9.17) is 0 Å². The molecule has 234 valence electrons. The van der Waals surface area contributed by atoms with Gasteiger partial charge in [-0.15, -0.1) is 0 Å². The van der Waals surface area contributed by atoms with Crippen LogP contribution in [0.15, 0.2) is 130 Å². The van der Waals surface area contributed by atoms with Crippen molar-refractivity contribution in [2.75, 3.05) is 22.9 Å². The second-order valence-electron chi connectivity index (χ2n) is 13.9. The Balaban J connectivity index is 1.41. The molecular formula is C42H50N2S. The Kier molecular flexibility index (Phi) is 9.20. The molecule has 0 spiro atoms. The first kappa shape index (κ1) is 31.5. The summed E-state index contributed by atoms with van der Waals surface area (Å²) in [6, 6.07) is 29.3. The van der Waals surface area contributed by atoms with Crippen LogP contribution in [0.3, 0.4) is 0 Å². The van der Waals surface area contributed by atoms with Crippen molar-refractivity contribution in [3.8, 4) is 0 Å². The maximum Gasteiger partial charge on any atom is 0.0568 e. The molecule has 2 nitrogen and oxygen atoms in total. The van der Waals surface area contributed by atoms with E-state index in [0.29, 0.717) is 6.04 Å². The highest BCUT2D eigenvalue weighted by Gasteiger charge is 2.43. The standard InChI is InChI=1S/C42H50N2S/c1-7-29-43-36-23-14-12-21-34(36)41(3,4)38(43)27-25-31-17-16-18-32(40(31)45-33-19-10-9-11-20-33)26-28-39-42(5,6)35-22-13-15-24-37(35)44(39)30-8-2/h9-15,19-28,38H,7-8,16-18,29-30H2,1-6H3/b27-25+,32-26-,39-28-. The molecule has 0 N–H and O–H groups in total. The van der Waals surface area contributed by atoms with Crippen molar-refractivity contribution in [3.63, 3.8) is 0 Å². The number of fused-ring (bicyclic) bond motifs is 2. The second kappa shape index (κ2) is 13.1. The van der Waals surface area contributed by atoms with Crippen LogP contribution in [-0.4, -0.2) is 19.1 Å². The van der Waals surface area contributed by atoms with E-state index in [1.165, 1.54) is 55.6 Å². The quantitative estimate of drug-likeness (QED) is 0.237. The van der Waals surface area contributed by atoms with Crippen LogP contribution in [-0.2, 0) is 10.8 Å². The smallest absolute Gasteiger partial charge is 0.0568 e. The van der Waals surface area contributed by atoms with Crippen molar-refractivity contribution in [1.82, 2.24) is 0 Å². The Bertz CT molecular complexity index is 1640. The number of benzene rings is 3. The number of hydrogen-bond acceptors (Lipinski definition) is 3. The van der Waals surface area contributed by atoms with E-state index in [-0.39, 0.29) is 10.8 Å². The van der Waals surface area contributed by atoms with Crippen LogP contribution in [0, 0.1) is 0 Å². The zero-order valence-corrected chi connectivity index (χ0v) is 29.0. The number of allylic oxidation sites excluding steroid dienone is 6. The van der Waals surface area contributed by atoms with Crippen LogP contribution in [0.25, 0.3) is 0 Å². The van der Waals surface area contributed by atoms with Gasteiger partial charge >= 0.3 is 0 Å². The minimum atomic E-state index is -0.0253. The number of para-hydroxylation sites is 2. The molecule has 0 amide bonds. The second-order valence-corrected chi connectivity index (χ2v) is 15.0. The third-order valence-electron chi connectivity index (χ3n) is 10.1. The van der Waals surface area contributed by atoms with Gasteiger partial charge in [0, 0.05) is 50.8 Å². The molecule has 6 rings (SSSR count). The van der Waals surface area contributed by atoms with E-state index >= 15 is 0 Å². The predicted molar refractivity (Wildman–Crippen MR) is 196 cm³/mol. The van der Waals surface area contributed by atoms with Crippen molar-refractivity contribution in [2.45, 2.75) is 95.4 Å². The summed E-state index contributed by atoms with van der Waals surface area (Å²) in [7, 11) is 0. The fourth-order valence-electron chi connectivity index (χ4n) is 7.76. The maximum absolute atomic E-state index is 2.64. The normalized spacial score (nSPS) is 22.1. The average molecular weight is 615 g/mol. The number of nitrogens with zero attached hydrogens (tertiary/aromatic N) is 2. The maximum atomic E-state index is 2.64. The van der Waals surface area contributed by atoms with E-state index in [2.05, 4.69) is 155 Å². The summed E-state index contributed by atoms with van der Waals surface area (Å²) in [5.74, 6) is 0. The molecule has 0 aromatic heterocycles. The minimum Gasteiger partial charge on any atom is -0.364 e. The fraction of sp³-hybridized carbons (Fsp3) is 0.381. The van der Waals surface area contributed by atoms with Gasteiger partial charge in [-0.05, 0) is 84.7 Å². The van der Waals surface area contributed by atoms with Crippen molar-refractivity contribution in [1.29, 1.82) is 0 Å². The van der Waals surface area contributed by atoms with Crippen LogP contribution in [0.2, 0.25) is 0 Å². The predicted octanol–water partition coefficient (Wildman–Crippen LogP) is 11.4. The Morgan fingerprint density at radius 3 is 2.16 bits per heavy atom. The molecule has 0 saturated heterocycles. The van der Waals surface area contributed by atoms with E-state index < -0.39 is 0 Å². The van der Waals surface area contributed by atoms with Crippen LogP contribution >= 0.6 is 11.8 Å². The zero-order chi connectivity index (χ0) is 31.6. The number of hydrogen-bond donors (Lipinski definition) is 0. The van der Waals surface area contributed by atoms with Crippen molar-refractivity contribution in [2.24, 2.45) is 0 Å². The largest absolute Gasteiger partial charge is 0.364 e. The lowest BCUT2D eigenvalue weighted by atomic mass is 9.80. The number of thioether (sulfide) groups is 1. The Morgan fingerprint density at radius 1 is 0.756 bits per heavy atom. The summed E-state index contributed by atoms with van der Waals surface area (Å²) in [6.07, 6.45) is 15.6. The van der Waals surface area contributed by atoms with Gasteiger partial charge < -0.3 is 9.80 Å². The molecule has 0 bridgehead atoms. The fourth-order valence-corrected chi connectivity index (χ4v) is 8.89. The van der Waals surface area contributed by atoms with Gasteiger partial charge in [-0.3, -0.25) is 0 Å². The van der Waals surface area contributed by atoms with E-state index in [1.54, 1.807) is 0 Å². The lowest BCUT2D eigenvalue weighted by Gasteiger charge is -2.32. The molecule has 1 atom stereocenters. The Morgan fingerprint density at radius 2 is 1.42 bits per heavy atom. The van der Waals surface area contributed by atoms with Crippen molar-refractivity contribution >= 4 is 23.1 Å². The van der Waals surface area contributed by atoms with Crippen molar-refractivity contribution < 1.29 is 0 Å². The molecule has 1 unspecified atom stereocenters. The molecule has 0 fully saturated rings. The van der Waals surface area contributed by atoms with Gasteiger partial charge in [-0.1, -0.05) is 126 Å². The first-order chi connectivity index (χ1) is 21.8. The highest BCUT2D eigenvalue weighted by atomic mass is 32.2. The lowest BCUT2D eigenvalue weighted by molar-refractivity contribution is 0.473. The summed E-state index contributed by atoms with van der Waals surface area (Å²) < 4.78 is 0. The molecular weight excluding hydrogens is 565 g/mol. The molecule has 0 saturated carbocycles. The zero-order valence-electron chi connectivity index (χ0n) is 28.1. The van der Waals surface area contributed by atoms with Crippen LogP contribution in [0.1, 0.15) is 84.8 Å². The first-order valence-corrected chi connectivity index (χ1v) is 17.9.